The first-order chi connectivity index (χ1) is 11.2. The molecule has 0 N–H and O–H groups in total. The Hall–Kier alpha value is -2.55. The van der Waals surface area contributed by atoms with Gasteiger partial charge in [-0.25, -0.2) is 13.2 Å². The number of rotatable bonds is 5. The molecule has 2 aromatic carbocycles. The van der Waals surface area contributed by atoms with Crippen molar-refractivity contribution in [2.75, 3.05) is 7.11 Å². The highest BCUT2D eigenvalue weighted by molar-refractivity contribution is 7.87. The summed E-state index contributed by atoms with van der Waals surface area (Å²) in [5, 5.41) is 0. The molecule has 0 amide bonds. The molecule has 0 bridgehead atoms. The predicted molar refractivity (Wildman–Crippen MR) is 77.1 cm³/mol. The quantitative estimate of drug-likeness (QED) is 0.466. The van der Waals surface area contributed by atoms with Crippen LogP contribution in [0, 0.1) is 17.5 Å². The second-order valence-electron chi connectivity index (χ2n) is 4.63. The van der Waals surface area contributed by atoms with Gasteiger partial charge in [0.2, 0.25) is 0 Å². The Kier molecular flexibility index (Phi) is 4.83. The number of Topliss-reactive ketones (excluding diaryl/α,β-unsaturated/α-hetero) is 1. The summed E-state index contributed by atoms with van der Waals surface area (Å²) >= 11 is 0. The molecule has 0 aromatic heterocycles. The molecule has 0 aliphatic rings. The molecule has 0 aliphatic heterocycles. The van der Waals surface area contributed by atoms with E-state index in [4.69, 9.17) is 8.92 Å². The van der Waals surface area contributed by atoms with E-state index in [1.807, 2.05) is 0 Å². The molecule has 128 valence electrons. The Labute approximate surface area is 135 Å². The first-order valence-corrected chi connectivity index (χ1v) is 7.85. The number of ether oxygens (including phenoxy) is 1. The minimum Gasteiger partial charge on any atom is -0.493 e. The second-order valence-corrected chi connectivity index (χ2v) is 6.15. The summed E-state index contributed by atoms with van der Waals surface area (Å²) in [4.78, 5) is 10.1. The lowest BCUT2D eigenvalue weighted by molar-refractivity contribution is 0.101. The average Bonchev–Trinajstić information content (AvgIpc) is 2.52. The summed E-state index contributed by atoms with van der Waals surface area (Å²) in [5.74, 6) is -6.10. The van der Waals surface area contributed by atoms with Crippen LogP contribution < -0.4 is 8.92 Å². The molecule has 0 spiro atoms. The largest absolute Gasteiger partial charge is 0.493 e. The van der Waals surface area contributed by atoms with Gasteiger partial charge in [-0.1, -0.05) is 0 Å². The summed E-state index contributed by atoms with van der Waals surface area (Å²) in [5.41, 5.74) is 0.232. The van der Waals surface area contributed by atoms with Crippen molar-refractivity contribution in [3.63, 3.8) is 0 Å². The fourth-order valence-electron chi connectivity index (χ4n) is 1.82. The van der Waals surface area contributed by atoms with E-state index in [9.17, 15) is 26.4 Å². The van der Waals surface area contributed by atoms with E-state index in [0.717, 1.165) is 6.07 Å². The summed E-state index contributed by atoms with van der Waals surface area (Å²) < 4.78 is 73.6. The van der Waals surface area contributed by atoms with Crippen molar-refractivity contribution in [2.45, 2.75) is 11.8 Å². The van der Waals surface area contributed by atoms with E-state index < -0.39 is 32.5 Å². The maximum absolute atomic E-state index is 13.7. The molecule has 24 heavy (non-hydrogen) atoms. The fourth-order valence-corrected chi connectivity index (χ4v) is 2.83. The van der Waals surface area contributed by atoms with Gasteiger partial charge in [0, 0.05) is 5.56 Å². The van der Waals surface area contributed by atoms with Crippen molar-refractivity contribution in [1.29, 1.82) is 0 Å². The van der Waals surface area contributed by atoms with Crippen LogP contribution >= 0.6 is 0 Å². The molecule has 0 atom stereocenters. The monoisotopic (exact) mass is 360 g/mol. The molecule has 0 radical (unpaired) electrons. The summed E-state index contributed by atoms with van der Waals surface area (Å²) in [6, 6.07) is 4.64. The standard InChI is InChI=1S/C15H11F3O5S/c1-8(19)9-3-5-11(12(7-9)22-2)23-24(20,21)13-6-4-10(16)14(17)15(13)18/h3-7H,1-2H3. The number of hydrogen-bond donors (Lipinski definition) is 0. The highest BCUT2D eigenvalue weighted by atomic mass is 32.2. The van der Waals surface area contributed by atoms with Gasteiger partial charge >= 0.3 is 10.1 Å². The minimum absolute atomic E-state index is 0.103. The van der Waals surface area contributed by atoms with E-state index >= 15 is 0 Å². The Morgan fingerprint density at radius 3 is 2.25 bits per heavy atom. The molecule has 2 aromatic rings. The smallest absolute Gasteiger partial charge is 0.342 e. The predicted octanol–water partition coefficient (Wildman–Crippen LogP) is 3.08. The molecular weight excluding hydrogens is 349 g/mol. The molecule has 0 aliphatic carbocycles. The molecule has 5 nitrogen and oxygen atoms in total. The van der Waals surface area contributed by atoms with Crippen molar-refractivity contribution in [3.05, 3.63) is 53.3 Å². The zero-order valence-electron chi connectivity index (χ0n) is 12.5. The lowest BCUT2D eigenvalue weighted by atomic mass is 10.1. The first kappa shape index (κ1) is 17.8. The Morgan fingerprint density at radius 1 is 1.00 bits per heavy atom. The molecule has 9 heteroatoms. The van der Waals surface area contributed by atoms with Gasteiger partial charge in [0.1, 0.15) is 4.90 Å². The van der Waals surface area contributed by atoms with Crippen molar-refractivity contribution in [1.82, 2.24) is 0 Å². The number of carbonyl (C=O) groups excluding carboxylic acids is 1. The van der Waals surface area contributed by atoms with E-state index in [-0.39, 0.29) is 22.8 Å². The van der Waals surface area contributed by atoms with Crippen LogP contribution in [0.5, 0.6) is 11.5 Å². The summed E-state index contributed by atoms with van der Waals surface area (Å²) in [6.07, 6.45) is 0. The molecule has 2 rings (SSSR count). The number of methoxy groups -OCH3 is 1. The number of hydrogen-bond acceptors (Lipinski definition) is 5. The van der Waals surface area contributed by atoms with Gasteiger partial charge in [0.05, 0.1) is 7.11 Å². The molecule has 0 heterocycles. The molecular formula is C15H11F3O5S. The van der Waals surface area contributed by atoms with Crippen LogP contribution in [0.25, 0.3) is 0 Å². The van der Waals surface area contributed by atoms with E-state index in [1.165, 1.54) is 26.2 Å². The lowest BCUT2D eigenvalue weighted by Gasteiger charge is -2.12. The van der Waals surface area contributed by atoms with Crippen molar-refractivity contribution < 1.29 is 35.3 Å². The van der Waals surface area contributed by atoms with Gasteiger partial charge in [-0.05, 0) is 37.3 Å². The van der Waals surface area contributed by atoms with Gasteiger partial charge in [-0.2, -0.15) is 8.42 Å². The zero-order valence-corrected chi connectivity index (χ0v) is 13.3. The maximum atomic E-state index is 13.7. The fraction of sp³-hybridized carbons (Fsp3) is 0.133. The van der Waals surface area contributed by atoms with Gasteiger partial charge < -0.3 is 8.92 Å². The van der Waals surface area contributed by atoms with E-state index in [0.29, 0.717) is 12.1 Å². The maximum Gasteiger partial charge on any atom is 0.342 e. The molecule has 0 saturated carbocycles. The molecule has 0 fully saturated rings. The van der Waals surface area contributed by atoms with Crippen molar-refractivity contribution in [3.8, 4) is 11.5 Å². The highest BCUT2D eigenvalue weighted by Gasteiger charge is 2.27. The van der Waals surface area contributed by atoms with Gasteiger partial charge in [-0.3, -0.25) is 4.79 Å². The van der Waals surface area contributed by atoms with Crippen LogP contribution in [0.1, 0.15) is 17.3 Å². The minimum atomic E-state index is -4.80. The van der Waals surface area contributed by atoms with Crippen LogP contribution in [0.15, 0.2) is 35.2 Å². The second kappa shape index (κ2) is 6.52. The van der Waals surface area contributed by atoms with Gasteiger partial charge in [0.25, 0.3) is 0 Å². The van der Waals surface area contributed by atoms with Crippen LogP contribution in [0.2, 0.25) is 0 Å². The SMILES string of the molecule is COc1cc(C(C)=O)ccc1OS(=O)(=O)c1ccc(F)c(F)c1F. The highest BCUT2D eigenvalue weighted by Crippen LogP contribution is 2.32. The van der Waals surface area contributed by atoms with Crippen LogP contribution in [0.4, 0.5) is 13.2 Å². The van der Waals surface area contributed by atoms with Crippen LogP contribution in [-0.4, -0.2) is 21.3 Å². The topological polar surface area (TPSA) is 69.7 Å². The summed E-state index contributed by atoms with van der Waals surface area (Å²) in [7, 11) is -3.59. The van der Waals surface area contributed by atoms with Gasteiger partial charge in [-0.15, -0.1) is 0 Å². The van der Waals surface area contributed by atoms with E-state index in [2.05, 4.69) is 0 Å². The number of ketones is 1. The normalized spacial score (nSPS) is 11.2. The number of benzene rings is 2. The third kappa shape index (κ3) is 3.35. The third-order valence-corrected chi connectivity index (χ3v) is 4.29. The number of carbonyl (C=O) groups is 1. The zero-order chi connectivity index (χ0) is 18.1. The van der Waals surface area contributed by atoms with Crippen LogP contribution in [-0.2, 0) is 10.1 Å². The Morgan fingerprint density at radius 2 is 1.67 bits per heavy atom. The van der Waals surface area contributed by atoms with Crippen molar-refractivity contribution >= 4 is 15.9 Å². The third-order valence-electron chi connectivity index (χ3n) is 3.04. The lowest BCUT2D eigenvalue weighted by Crippen LogP contribution is -2.14. The van der Waals surface area contributed by atoms with E-state index in [1.54, 1.807) is 0 Å². The average molecular weight is 360 g/mol. The molecule has 0 saturated heterocycles. The van der Waals surface area contributed by atoms with Crippen molar-refractivity contribution in [2.24, 2.45) is 0 Å². The van der Waals surface area contributed by atoms with Crippen LogP contribution in [0.3, 0.4) is 0 Å². The van der Waals surface area contributed by atoms with Gasteiger partial charge in [0.15, 0.2) is 34.7 Å². The number of halogens is 3. The Bertz CT molecular complexity index is 910. The summed E-state index contributed by atoms with van der Waals surface area (Å²) in [6.45, 7) is 1.29. The Balaban J connectivity index is 2.47. The molecule has 0 unspecified atom stereocenters. The first-order valence-electron chi connectivity index (χ1n) is 6.44.